The number of ether oxygens (including phenoxy) is 1. The zero-order valence-corrected chi connectivity index (χ0v) is 11.1. The SMILES string of the molecule is CCOC(=O)CC(C)C1NC(=O)c2ccccc2N1. The van der Waals surface area contributed by atoms with Crippen LogP contribution < -0.4 is 10.6 Å². The van der Waals surface area contributed by atoms with Crippen molar-refractivity contribution >= 4 is 17.6 Å². The van der Waals surface area contributed by atoms with Crippen LogP contribution in [-0.2, 0) is 9.53 Å². The fraction of sp³-hybridized carbons (Fsp3) is 0.429. The van der Waals surface area contributed by atoms with Gasteiger partial charge in [-0.15, -0.1) is 0 Å². The number of carbonyl (C=O) groups is 2. The molecule has 102 valence electrons. The number of hydrogen-bond donors (Lipinski definition) is 2. The molecular formula is C14H18N2O3. The van der Waals surface area contributed by atoms with Crippen molar-refractivity contribution in [1.82, 2.24) is 5.32 Å². The van der Waals surface area contributed by atoms with Gasteiger partial charge in [-0.1, -0.05) is 19.1 Å². The van der Waals surface area contributed by atoms with Gasteiger partial charge in [0.05, 0.1) is 18.6 Å². The average molecular weight is 262 g/mol. The van der Waals surface area contributed by atoms with Crippen LogP contribution >= 0.6 is 0 Å². The maximum Gasteiger partial charge on any atom is 0.306 e. The molecule has 0 saturated heterocycles. The van der Waals surface area contributed by atoms with E-state index < -0.39 is 0 Å². The molecule has 0 saturated carbocycles. The molecule has 0 spiro atoms. The van der Waals surface area contributed by atoms with Gasteiger partial charge in [0.15, 0.2) is 0 Å². The first kappa shape index (κ1) is 13.4. The summed E-state index contributed by atoms with van der Waals surface area (Å²) in [5.41, 5.74) is 1.43. The lowest BCUT2D eigenvalue weighted by atomic mass is 10.0. The smallest absolute Gasteiger partial charge is 0.306 e. The van der Waals surface area contributed by atoms with Gasteiger partial charge >= 0.3 is 5.97 Å². The Balaban J connectivity index is 2.04. The first-order chi connectivity index (χ1) is 9.11. The van der Waals surface area contributed by atoms with Crippen molar-refractivity contribution in [3.8, 4) is 0 Å². The fourth-order valence-corrected chi connectivity index (χ4v) is 2.11. The summed E-state index contributed by atoms with van der Waals surface area (Å²) in [6.45, 7) is 4.06. The van der Waals surface area contributed by atoms with Crippen LogP contribution in [0.2, 0.25) is 0 Å². The van der Waals surface area contributed by atoms with E-state index in [1.54, 1.807) is 13.0 Å². The van der Waals surface area contributed by atoms with Crippen molar-refractivity contribution in [2.75, 3.05) is 11.9 Å². The van der Waals surface area contributed by atoms with E-state index >= 15 is 0 Å². The molecule has 0 radical (unpaired) electrons. The molecule has 0 bridgehead atoms. The number of benzene rings is 1. The molecule has 2 atom stereocenters. The molecule has 1 heterocycles. The molecule has 0 aromatic heterocycles. The van der Waals surface area contributed by atoms with Gasteiger partial charge in [-0.25, -0.2) is 0 Å². The highest BCUT2D eigenvalue weighted by Crippen LogP contribution is 2.23. The summed E-state index contributed by atoms with van der Waals surface area (Å²) in [7, 11) is 0. The van der Waals surface area contributed by atoms with Crippen molar-refractivity contribution in [3.63, 3.8) is 0 Å². The Morgan fingerprint density at radius 2 is 2.11 bits per heavy atom. The largest absolute Gasteiger partial charge is 0.466 e. The van der Waals surface area contributed by atoms with Gasteiger partial charge in [0.25, 0.3) is 5.91 Å². The topological polar surface area (TPSA) is 67.4 Å². The summed E-state index contributed by atoms with van der Waals surface area (Å²) in [5, 5.41) is 6.10. The molecule has 5 nitrogen and oxygen atoms in total. The Morgan fingerprint density at radius 1 is 1.37 bits per heavy atom. The molecule has 2 unspecified atom stereocenters. The molecule has 1 aliphatic rings. The summed E-state index contributed by atoms with van der Waals surface area (Å²) in [6, 6.07) is 7.32. The van der Waals surface area contributed by atoms with Crippen LogP contribution in [0.25, 0.3) is 0 Å². The Labute approximate surface area is 112 Å². The maximum atomic E-state index is 11.9. The number of para-hydroxylation sites is 1. The molecule has 0 aliphatic carbocycles. The van der Waals surface area contributed by atoms with Crippen molar-refractivity contribution in [1.29, 1.82) is 0 Å². The van der Waals surface area contributed by atoms with E-state index in [0.717, 1.165) is 5.69 Å². The van der Waals surface area contributed by atoms with E-state index in [9.17, 15) is 9.59 Å². The van der Waals surface area contributed by atoms with Gasteiger partial charge in [0, 0.05) is 11.6 Å². The third kappa shape index (κ3) is 3.05. The van der Waals surface area contributed by atoms with E-state index in [0.29, 0.717) is 12.2 Å². The van der Waals surface area contributed by atoms with E-state index in [2.05, 4.69) is 10.6 Å². The van der Waals surface area contributed by atoms with Gasteiger partial charge in [-0.3, -0.25) is 9.59 Å². The Hall–Kier alpha value is -2.04. The first-order valence-corrected chi connectivity index (χ1v) is 6.44. The van der Waals surface area contributed by atoms with E-state index in [1.807, 2.05) is 25.1 Å². The fourth-order valence-electron chi connectivity index (χ4n) is 2.11. The lowest BCUT2D eigenvalue weighted by molar-refractivity contribution is -0.144. The standard InChI is InChI=1S/C14H18N2O3/c1-3-19-12(17)8-9(2)13-15-11-7-5-4-6-10(11)14(18)16-13/h4-7,9,13,15H,3,8H2,1-2H3,(H,16,18). The monoisotopic (exact) mass is 262 g/mol. The third-order valence-electron chi connectivity index (χ3n) is 3.13. The minimum absolute atomic E-state index is 0.0450. The van der Waals surface area contributed by atoms with Crippen LogP contribution in [0.4, 0.5) is 5.69 Å². The number of anilines is 1. The van der Waals surface area contributed by atoms with E-state index in [4.69, 9.17) is 4.74 Å². The molecule has 5 heteroatoms. The Morgan fingerprint density at radius 3 is 2.84 bits per heavy atom. The van der Waals surface area contributed by atoms with E-state index in [1.165, 1.54) is 0 Å². The van der Waals surface area contributed by atoms with Crippen LogP contribution in [0.5, 0.6) is 0 Å². The molecule has 1 aromatic rings. The predicted octanol–water partition coefficient (Wildman–Crippen LogP) is 1.76. The minimum atomic E-state index is -0.258. The van der Waals surface area contributed by atoms with Crippen LogP contribution in [0.15, 0.2) is 24.3 Å². The van der Waals surface area contributed by atoms with Gasteiger partial charge in [0.2, 0.25) is 0 Å². The Kier molecular flexibility index (Phi) is 4.04. The number of nitrogens with one attached hydrogen (secondary N) is 2. The molecule has 0 fully saturated rings. The zero-order chi connectivity index (χ0) is 13.8. The van der Waals surface area contributed by atoms with Crippen LogP contribution in [0.3, 0.4) is 0 Å². The summed E-state index contributed by atoms with van der Waals surface area (Å²) in [5.74, 6) is -0.406. The quantitative estimate of drug-likeness (QED) is 0.811. The van der Waals surface area contributed by atoms with E-state index in [-0.39, 0.29) is 30.4 Å². The summed E-state index contributed by atoms with van der Waals surface area (Å²) < 4.78 is 4.92. The number of rotatable bonds is 4. The summed E-state index contributed by atoms with van der Waals surface area (Å²) >= 11 is 0. The van der Waals surface area contributed by atoms with Crippen molar-refractivity contribution < 1.29 is 14.3 Å². The van der Waals surface area contributed by atoms with Crippen LogP contribution in [-0.4, -0.2) is 24.6 Å². The van der Waals surface area contributed by atoms with Gasteiger partial charge in [-0.2, -0.15) is 0 Å². The minimum Gasteiger partial charge on any atom is -0.466 e. The number of esters is 1. The summed E-state index contributed by atoms with van der Waals surface area (Å²) in [4.78, 5) is 23.4. The van der Waals surface area contributed by atoms with Crippen molar-refractivity contribution in [3.05, 3.63) is 29.8 Å². The number of fused-ring (bicyclic) bond motifs is 1. The molecule has 2 rings (SSSR count). The lowest BCUT2D eigenvalue weighted by Crippen LogP contribution is -2.49. The highest BCUT2D eigenvalue weighted by Gasteiger charge is 2.28. The predicted molar refractivity (Wildman–Crippen MR) is 71.7 cm³/mol. The normalized spacial score (nSPS) is 18.8. The molecule has 2 N–H and O–H groups in total. The second-order valence-electron chi connectivity index (χ2n) is 4.63. The van der Waals surface area contributed by atoms with Gasteiger partial charge in [0.1, 0.15) is 6.17 Å². The second kappa shape index (κ2) is 5.73. The Bertz CT molecular complexity index is 487. The molecule has 1 amide bonds. The number of hydrogen-bond acceptors (Lipinski definition) is 4. The van der Waals surface area contributed by atoms with Crippen LogP contribution in [0.1, 0.15) is 30.6 Å². The van der Waals surface area contributed by atoms with Gasteiger partial charge < -0.3 is 15.4 Å². The molecular weight excluding hydrogens is 244 g/mol. The molecule has 1 aliphatic heterocycles. The first-order valence-electron chi connectivity index (χ1n) is 6.44. The lowest BCUT2D eigenvalue weighted by Gasteiger charge is -2.31. The third-order valence-corrected chi connectivity index (χ3v) is 3.13. The van der Waals surface area contributed by atoms with Crippen LogP contribution in [0, 0.1) is 5.92 Å². The molecule has 19 heavy (non-hydrogen) atoms. The highest BCUT2D eigenvalue weighted by atomic mass is 16.5. The molecule has 1 aromatic carbocycles. The van der Waals surface area contributed by atoms with Gasteiger partial charge in [-0.05, 0) is 19.1 Å². The average Bonchev–Trinajstić information content (AvgIpc) is 2.39. The number of amides is 1. The maximum absolute atomic E-state index is 11.9. The number of carbonyl (C=O) groups excluding carboxylic acids is 2. The van der Waals surface area contributed by atoms with Crippen molar-refractivity contribution in [2.45, 2.75) is 26.4 Å². The van der Waals surface area contributed by atoms with Crippen molar-refractivity contribution in [2.24, 2.45) is 5.92 Å². The summed E-state index contributed by atoms with van der Waals surface area (Å²) in [6.07, 6.45) is 0.0142. The second-order valence-corrected chi connectivity index (χ2v) is 4.63. The highest BCUT2D eigenvalue weighted by molar-refractivity contribution is 6.01. The zero-order valence-electron chi connectivity index (χ0n) is 11.1.